The molecule has 1 fully saturated rings. The van der Waals surface area contributed by atoms with Gasteiger partial charge >= 0.3 is 0 Å². The zero-order valence-corrected chi connectivity index (χ0v) is 13.7. The molecule has 6 nitrogen and oxygen atoms in total. The average molecular weight is 311 g/mol. The molecule has 0 aromatic carbocycles. The minimum atomic E-state index is 0.184. The van der Waals surface area contributed by atoms with Crippen LogP contribution in [-0.4, -0.2) is 44.4 Å². The number of aromatic nitrogens is 3. The number of nitrogens with zero attached hydrogens (tertiary/aromatic N) is 4. The molecule has 7 heteroatoms. The first-order valence-corrected chi connectivity index (χ1v) is 8.74. The van der Waals surface area contributed by atoms with Gasteiger partial charge in [-0.15, -0.1) is 10.2 Å². The van der Waals surface area contributed by atoms with E-state index in [0.29, 0.717) is 18.3 Å². The van der Waals surface area contributed by atoms with Crippen LogP contribution in [0, 0.1) is 0 Å². The van der Waals surface area contributed by atoms with Crippen molar-refractivity contribution in [2.24, 2.45) is 5.73 Å². The molecule has 0 bridgehead atoms. The van der Waals surface area contributed by atoms with Gasteiger partial charge < -0.3 is 15.2 Å². The van der Waals surface area contributed by atoms with E-state index in [4.69, 9.17) is 5.73 Å². The number of thioether (sulfide) groups is 1. The SMILES string of the molecule is CCCN(CCC)C(=O)CSc1nnc(CN)n1C1CC1. The summed E-state index contributed by atoms with van der Waals surface area (Å²) in [6.07, 6.45) is 4.30. The quantitative estimate of drug-likeness (QED) is 0.704. The van der Waals surface area contributed by atoms with Crippen molar-refractivity contribution in [1.29, 1.82) is 0 Å². The molecule has 1 amide bonds. The van der Waals surface area contributed by atoms with E-state index < -0.39 is 0 Å². The van der Waals surface area contributed by atoms with Crippen molar-refractivity contribution >= 4 is 17.7 Å². The van der Waals surface area contributed by atoms with Gasteiger partial charge in [0, 0.05) is 19.1 Å². The summed E-state index contributed by atoms with van der Waals surface area (Å²) in [6, 6.07) is 0.485. The van der Waals surface area contributed by atoms with Crippen molar-refractivity contribution in [3.05, 3.63) is 5.82 Å². The van der Waals surface area contributed by atoms with E-state index in [9.17, 15) is 4.79 Å². The first-order valence-electron chi connectivity index (χ1n) is 7.75. The lowest BCUT2D eigenvalue weighted by atomic mass is 10.3. The second kappa shape index (κ2) is 7.79. The summed E-state index contributed by atoms with van der Waals surface area (Å²) in [7, 11) is 0. The molecule has 0 unspecified atom stereocenters. The van der Waals surface area contributed by atoms with E-state index in [-0.39, 0.29) is 5.91 Å². The fourth-order valence-electron chi connectivity index (χ4n) is 2.36. The van der Waals surface area contributed by atoms with Crippen molar-refractivity contribution < 1.29 is 4.79 Å². The molecule has 2 rings (SSSR count). The lowest BCUT2D eigenvalue weighted by Crippen LogP contribution is -2.33. The Labute approximate surface area is 130 Å². The Kier molecular flexibility index (Phi) is 6.05. The van der Waals surface area contributed by atoms with Gasteiger partial charge in [-0.05, 0) is 25.7 Å². The summed E-state index contributed by atoms with van der Waals surface area (Å²) in [5.41, 5.74) is 5.71. The zero-order chi connectivity index (χ0) is 15.2. The summed E-state index contributed by atoms with van der Waals surface area (Å²) < 4.78 is 2.11. The molecule has 0 aliphatic heterocycles. The topological polar surface area (TPSA) is 77.0 Å². The third-order valence-electron chi connectivity index (χ3n) is 3.49. The molecule has 118 valence electrons. The molecule has 2 N–H and O–H groups in total. The molecular formula is C14H25N5OS. The number of rotatable bonds is 9. The number of amides is 1. The maximum absolute atomic E-state index is 12.3. The fourth-order valence-corrected chi connectivity index (χ4v) is 3.29. The molecule has 0 radical (unpaired) electrons. The fraction of sp³-hybridized carbons (Fsp3) is 0.786. The normalized spacial score (nSPS) is 14.4. The van der Waals surface area contributed by atoms with Crippen molar-refractivity contribution in [3.8, 4) is 0 Å². The van der Waals surface area contributed by atoms with E-state index in [0.717, 1.165) is 49.8 Å². The lowest BCUT2D eigenvalue weighted by molar-refractivity contribution is -0.128. The Bertz CT molecular complexity index is 466. The highest BCUT2D eigenvalue weighted by Gasteiger charge is 2.29. The van der Waals surface area contributed by atoms with E-state index in [2.05, 4.69) is 28.6 Å². The van der Waals surface area contributed by atoms with Crippen LogP contribution in [0.1, 0.15) is 51.4 Å². The van der Waals surface area contributed by atoms with Crippen molar-refractivity contribution in [2.45, 2.75) is 57.3 Å². The van der Waals surface area contributed by atoms with Crippen molar-refractivity contribution in [1.82, 2.24) is 19.7 Å². The molecule has 0 spiro atoms. The van der Waals surface area contributed by atoms with Crippen molar-refractivity contribution in [3.63, 3.8) is 0 Å². The molecule has 1 aliphatic carbocycles. The Morgan fingerprint density at radius 1 is 1.33 bits per heavy atom. The molecule has 1 saturated carbocycles. The van der Waals surface area contributed by atoms with Gasteiger partial charge in [-0.2, -0.15) is 0 Å². The molecule has 1 aromatic rings. The number of carbonyl (C=O) groups is 1. The maximum Gasteiger partial charge on any atom is 0.233 e. The summed E-state index contributed by atoms with van der Waals surface area (Å²) in [6.45, 7) is 6.25. The first kappa shape index (κ1) is 16.3. The summed E-state index contributed by atoms with van der Waals surface area (Å²) in [5.74, 6) is 1.44. The van der Waals surface area contributed by atoms with Crippen molar-refractivity contribution in [2.75, 3.05) is 18.8 Å². The Balaban J connectivity index is 1.95. The van der Waals surface area contributed by atoms with Gasteiger partial charge in [0.25, 0.3) is 0 Å². The van der Waals surface area contributed by atoms with Crippen LogP contribution in [0.25, 0.3) is 0 Å². The number of hydrogen-bond acceptors (Lipinski definition) is 5. The summed E-state index contributed by atoms with van der Waals surface area (Å²) in [5, 5.41) is 9.16. The van der Waals surface area contributed by atoms with Gasteiger partial charge in [-0.25, -0.2) is 0 Å². The second-order valence-corrected chi connectivity index (χ2v) is 6.32. The first-order chi connectivity index (χ1) is 10.2. The third-order valence-corrected chi connectivity index (χ3v) is 4.42. The molecule has 21 heavy (non-hydrogen) atoms. The van der Waals surface area contributed by atoms with Crippen LogP contribution in [0.4, 0.5) is 0 Å². The van der Waals surface area contributed by atoms with E-state index in [1.807, 2.05) is 4.90 Å². The molecule has 0 atom stereocenters. The highest BCUT2D eigenvalue weighted by molar-refractivity contribution is 7.99. The Morgan fingerprint density at radius 2 is 2.00 bits per heavy atom. The van der Waals surface area contributed by atoms with Crippen LogP contribution in [0.3, 0.4) is 0 Å². The minimum Gasteiger partial charge on any atom is -0.342 e. The molecule has 1 heterocycles. The summed E-state index contributed by atoms with van der Waals surface area (Å²) >= 11 is 1.48. The lowest BCUT2D eigenvalue weighted by Gasteiger charge is -2.21. The van der Waals surface area contributed by atoms with Crippen LogP contribution in [0.2, 0.25) is 0 Å². The van der Waals surface area contributed by atoms with Crippen LogP contribution >= 0.6 is 11.8 Å². The van der Waals surface area contributed by atoms with Gasteiger partial charge in [0.15, 0.2) is 5.16 Å². The highest BCUT2D eigenvalue weighted by Crippen LogP contribution is 2.38. The van der Waals surface area contributed by atoms with E-state index in [1.165, 1.54) is 11.8 Å². The molecular weight excluding hydrogens is 286 g/mol. The van der Waals surface area contributed by atoms with Gasteiger partial charge in [0.1, 0.15) is 5.82 Å². The Hall–Kier alpha value is -1.08. The van der Waals surface area contributed by atoms with Crippen LogP contribution < -0.4 is 5.73 Å². The second-order valence-electron chi connectivity index (χ2n) is 5.37. The highest BCUT2D eigenvalue weighted by atomic mass is 32.2. The zero-order valence-electron chi connectivity index (χ0n) is 12.9. The van der Waals surface area contributed by atoms with Crippen LogP contribution in [0.15, 0.2) is 5.16 Å². The number of hydrogen-bond donors (Lipinski definition) is 1. The number of carbonyl (C=O) groups excluding carboxylic acids is 1. The van der Waals surface area contributed by atoms with Gasteiger partial charge in [0.05, 0.1) is 12.3 Å². The maximum atomic E-state index is 12.3. The average Bonchev–Trinajstić information content (AvgIpc) is 3.24. The van der Waals surface area contributed by atoms with Crippen LogP contribution in [0.5, 0.6) is 0 Å². The monoisotopic (exact) mass is 311 g/mol. The number of nitrogens with two attached hydrogens (primary N) is 1. The molecule has 1 aliphatic rings. The minimum absolute atomic E-state index is 0.184. The standard InChI is InChI=1S/C14H25N5OS/c1-3-7-18(8-4-2)13(20)10-21-14-17-16-12(9-15)19(14)11-5-6-11/h11H,3-10,15H2,1-2H3. The molecule has 0 saturated heterocycles. The van der Waals surface area contributed by atoms with Gasteiger partial charge in [-0.3, -0.25) is 4.79 Å². The summed E-state index contributed by atoms with van der Waals surface area (Å²) in [4.78, 5) is 14.2. The van der Waals surface area contributed by atoms with Gasteiger partial charge in [-0.1, -0.05) is 25.6 Å². The predicted octanol–water partition coefficient (Wildman–Crippen LogP) is 1.81. The Morgan fingerprint density at radius 3 is 2.52 bits per heavy atom. The molecule has 1 aromatic heterocycles. The largest absolute Gasteiger partial charge is 0.342 e. The third kappa shape index (κ3) is 4.20. The smallest absolute Gasteiger partial charge is 0.233 e. The van der Waals surface area contributed by atoms with Crippen LogP contribution in [-0.2, 0) is 11.3 Å². The van der Waals surface area contributed by atoms with Gasteiger partial charge in [0.2, 0.25) is 5.91 Å². The van der Waals surface area contributed by atoms with E-state index in [1.54, 1.807) is 0 Å². The van der Waals surface area contributed by atoms with E-state index >= 15 is 0 Å². The predicted molar refractivity (Wildman–Crippen MR) is 84.1 cm³/mol.